The van der Waals surface area contributed by atoms with E-state index in [0.29, 0.717) is 10.8 Å². The van der Waals surface area contributed by atoms with E-state index >= 15 is 0 Å². The molecule has 0 bridgehead atoms. The summed E-state index contributed by atoms with van der Waals surface area (Å²) < 4.78 is 0.892. The average molecular weight is 366 g/mol. The number of hydrogen-bond acceptors (Lipinski definition) is 2. The lowest BCUT2D eigenvalue weighted by Crippen LogP contribution is -2.37. The van der Waals surface area contributed by atoms with Crippen molar-refractivity contribution in [2.24, 2.45) is 0 Å². The first-order valence-electron chi connectivity index (χ1n) is 6.69. The molecule has 0 aliphatic heterocycles. The van der Waals surface area contributed by atoms with Gasteiger partial charge in [0.25, 0.3) is 0 Å². The van der Waals surface area contributed by atoms with E-state index in [9.17, 15) is 4.79 Å². The molecular weight excluding hydrogens is 352 g/mol. The van der Waals surface area contributed by atoms with Crippen molar-refractivity contribution >= 4 is 39.3 Å². The molecule has 1 aromatic carbocycles. The highest BCUT2D eigenvalue weighted by molar-refractivity contribution is 9.10. The number of carbonyl (C=O) groups excluding carboxylic acids is 1. The van der Waals surface area contributed by atoms with Gasteiger partial charge in [0.15, 0.2) is 0 Å². The van der Waals surface area contributed by atoms with E-state index in [2.05, 4.69) is 20.9 Å². The molecule has 3 rings (SSSR count). The summed E-state index contributed by atoms with van der Waals surface area (Å²) in [6, 6.07) is 11.3. The third kappa shape index (κ3) is 2.70. The molecule has 0 N–H and O–H groups in total. The van der Waals surface area contributed by atoms with E-state index in [4.69, 9.17) is 11.6 Å². The highest BCUT2D eigenvalue weighted by atomic mass is 79.9. The molecule has 0 spiro atoms. The van der Waals surface area contributed by atoms with Gasteiger partial charge in [0.1, 0.15) is 5.82 Å². The Morgan fingerprint density at radius 1 is 1.33 bits per heavy atom. The Labute approximate surface area is 137 Å². The zero-order chi connectivity index (χ0) is 15.0. The van der Waals surface area contributed by atoms with Crippen LogP contribution in [0.15, 0.2) is 47.1 Å². The van der Waals surface area contributed by atoms with Crippen LogP contribution in [0.5, 0.6) is 0 Å². The summed E-state index contributed by atoms with van der Waals surface area (Å²) in [5.41, 5.74) is 0.554. The standard InChI is InChI=1S/C16H14BrClN2O/c1-20(14-6-5-12(17)10-19-14)15(21)16(7-8-16)11-3-2-4-13(18)9-11/h2-6,9-10H,7-8H2,1H3. The number of halogens is 2. The fourth-order valence-corrected chi connectivity index (χ4v) is 2.95. The van der Waals surface area contributed by atoms with Gasteiger partial charge in [0, 0.05) is 22.7 Å². The minimum atomic E-state index is -0.436. The predicted octanol–water partition coefficient (Wildman–Crippen LogP) is 4.19. The fraction of sp³-hybridized carbons (Fsp3) is 0.250. The molecule has 0 radical (unpaired) electrons. The van der Waals surface area contributed by atoms with Crippen molar-refractivity contribution in [3.05, 3.63) is 57.7 Å². The molecule has 0 atom stereocenters. The van der Waals surface area contributed by atoms with E-state index < -0.39 is 5.41 Å². The molecular formula is C16H14BrClN2O. The Kier molecular flexibility index (Phi) is 3.76. The Bertz CT molecular complexity index is 683. The minimum Gasteiger partial charge on any atom is -0.299 e. The lowest BCUT2D eigenvalue weighted by atomic mass is 9.94. The van der Waals surface area contributed by atoms with E-state index in [0.717, 1.165) is 22.9 Å². The van der Waals surface area contributed by atoms with Gasteiger partial charge >= 0.3 is 0 Å². The number of benzene rings is 1. The van der Waals surface area contributed by atoms with E-state index in [1.807, 2.05) is 36.4 Å². The number of amides is 1. The highest BCUT2D eigenvalue weighted by Gasteiger charge is 2.52. The van der Waals surface area contributed by atoms with Crippen LogP contribution in [-0.4, -0.2) is 17.9 Å². The second kappa shape index (κ2) is 5.43. The Balaban J connectivity index is 1.89. The largest absolute Gasteiger partial charge is 0.299 e. The maximum absolute atomic E-state index is 12.9. The van der Waals surface area contributed by atoms with Gasteiger partial charge in [-0.1, -0.05) is 23.7 Å². The molecule has 108 valence electrons. The van der Waals surface area contributed by atoms with Gasteiger partial charge in [-0.15, -0.1) is 0 Å². The number of aromatic nitrogens is 1. The van der Waals surface area contributed by atoms with Crippen LogP contribution in [-0.2, 0) is 10.2 Å². The van der Waals surface area contributed by atoms with Gasteiger partial charge in [-0.25, -0.2) is 4.98 Å². The van der Waals surface area contributed by atoms with Crippen LogP contribution in [0.1, 0.15) is 18.4 Å². The van der Waals surface area contributed by atoms with Crippen molar-refractivity contribution in [2.45, 2.75) is 18.3 Å². The third-order valence-corrected chi connectivity index (χ3v) is 4.60. The summed E-state index contributed by atoms with van der Waals surface area (Å²) in [5, 5.41) is 0.663. The molecule has 21 heavy (non-hydrogen) atoms. The number of hydrogen-bond donors (Lipinski definition) is 0. The van der Waals surface area contributed by atoms with Crippen molar-refractivity contribution in [3.63, 3.8) is 0 Å². The molecule has 1 amide bonds. The Hall–Kier alpha value is -1.39. The number of rotatable bonds is 3. The van der Waals surface area contributed by atoms with Gasteiger partial charge in [-0.3, -0.25) is 9.69 Å². The normalized spacial score (nSPS) is 15.6. The minimum absolute atomic E-state index is 0.0691. The maximum Gasteiger partial charge on any atom is 0.238 e. The van der Waals surface area contributed by atoms with Crippen molar-refractivity contribution in [1.29, 1.82) is 0 Å². The second-order valence-electron chi connectivity index (χ2n) is 5.29. The molecule has 1 aliphatic carbocycles. The Morgan fingerprint density at radius 3 is 2.67 bits per heavy atom. The lowest BCUT2D eigenvalue weighted by Gasteiger charge is -2.23. The summed E-state index contributed by atoms with van der Waals surface area (Å²) in [4.78, 5) is 18.8. The SMILES string of the molecule is CN(C(=O)C1(c2cccc(Cl)c2)CC1)c1ccc(Br)cn1. The topological polar surface area (TPSA) is 33.2 Å². The number of pyridine rings is 1. The molecule has 1 fully saturated rings. The van der Waals surface area contributed by atoms with Crippen LogP contribution in [0.2, 0.25) is 5.02 Å². The maximum atomic E-state index is 12.9. The first-order valence-corrected chi connectivity index (χ1v) is 7.86. The average Bonchev–Trinajstić information content (AvgIpc) is 3.28. The van der Waals surface area contributed by atoms with E-state index in [1.54, 1.807) is 18.1 Å². The van der Waals surface area contributed by atoms with Crippen molar-refractivity contribution in [2.75, 3.05) is 11.9 Å². The van der Waals surface area contributed by atoms with Crippen molar-refractivity contribution in [3.8, 4) is 0 Å². The molecule has 3 nitrogen and oxygen atoms in total. The number of likely N-dealkylation sites (N-methyl/N-ethyl adjacent to an activating group) is 1. The molecule has 1 aliphatic rings. The van der Waals surface area contributed by atoms with E-state index in [-0.39, 0.29) is 5.91 Å². The van der Waals surface area contributed by atoms with Crippen LogP contribution in [0.25, 0.3) is 0 Å². The van der Waals surface area contributed by atoms with Gasteiger partial charge in [-0.05, 0) is 58.6 Å². The first-order chi connectivity index (χ1) is 10.0. The van der Waals surface area contributed by atoms with Gasteiger partial charge < -0.3 is 0 Å². The van der Waals surface area contributed by atoms with Crippen molar-refractivity contribution in [1.82, 2.24) is 4.98 Å². The van der Waals surface area contributed by atoms with Gasteiger partial charge in [0.05, 0.1) is 5.41 Å². The predicted molar refractivity (Wildman–Crippen MR) is 87.7 cm³/mol. The highest BCUT2D eigenvalue weighted by Crippen LogP contribution is 2.50. The van der Waals surface area contributed by atoms with Crippen LogP contribution >= 0.6 is 27.5 Å². The number of carbonyl (C=O) groups is 1. The molecule has 1 saturated carbocycles. The first kappa shape index (κ1) is 14.5. The van der Waals surface area contributed by atoms with Crippen LogP contribution in [0.4, 0.5) is 5.82 Å². The summed E-state index contributed by atoms with van der Waals surface area (Å²) in [6.07, 6.45) is 3.40. The quantitative estimate of drug-likeness (QED) is 0.817. The molecule has 0 unspecified atom stereocenters. The zero-order valence-electron chi connectivity index (χ0n) is 11.5. The molecule has 2 aromatic rings. The number of anilines is 1. The van der Waals surface area contributed by atoms with Gasteiger partial charge in [0.2, 0.25) is 5.91 Å². The summed E-state index contributed by atoms with van der Waals surface area (Å²) in [6.45, 7) is 0. The van der Waals surface area contributed by atoms with Crippen LogP contribution in [0, 0.1) is 0 Å². The van der Waals surface area contributed by atoms with E-state index in [1.165, 1.54) is 0 Å². The molecule has 5 heteroatoms. The van der Waals surface area contributed by atoms with Gasteiger partial charge in [-0.2, -0.15) is 0 Å². The molecule has 1 aromatic heterocycles. The third-order valence-electron chi connectivity index (χ3n) is 3.90. The molecule has 1 heterocycles. The molecule has 0 saturated heterocycles. The fourth-order valence-electron chi connectivity index (χ4n) is 2.53. The van der Waals surface area contributed by atoms with Crippen LogP contribution < -0.4 is 4.90 Å². The zero-order valence-corrected chi connectivity index (χ0v) is 13.9. The monoisotopic (exact) mass is 364 g/mol. The summed E-state index contributed by atoms with van der Waals surface area (Å²) in [7, 11) is 1.77. The number of nitrogens with zero attached hydrogens (tertiary/aromatic N) is 2. The summed E-state index contributed by atoms with van der Waals surface area (Å²) in [5.74, 6) is 0.719. The lowest BCUT2D eigenvalue weighted by molar-refractivity contribution is -0.120. The van der Waals surface area contributed by atoms with Crippen LogP contribution in [0.3, 0.4) is 0 Å². The second-order valence-corrected chi connectivity index (χ2v) is 6.64. The summed E-state index contributed by atoms with van der Waals surface area (Å²) >= 11 is 9.40. The smallest absolute Gasteiger partial charge is 0.238 e. The Morgan fingerprint density at radius 2 is 2.10 bits per heavy atom. The van der Waals surface area contributed by atoms with Crippen molar-refractivity contribution < 1.29 is 4.79 Å².